The van der Waals surface area contributed by atoms with Crippen LogP contribution in [0.5, 0.6) is 0 Å². The molecule has 24 heavy (non-hydrogen) atoms. The molecule has 116 valence electrons. The third-order valence-electron chi connectivity index (χ3n) is 4.09. The highest BCUT2D eigenvalue weighted by Gasteiger charge is 2.18. The molecule has 4 rings (SSSR count). The Balaban J connectivity index is 1.94. The third kappa shape index (κ3) is 2.63. The first-order valence-electron chi connectivity index (χ1n) is 8.00. The number of benzene rings is 3. The van der Waals surface area contributed by atoms with Crippen molar-refractivity contribution >= 4 is 0 Å². The zero-order valence-electron chi connectivity index (χ0n) is 13.4. The van der Waals surface area contributed by atoms with Crippen molar-refractivity contribution in [3.05, 3.63) is 90.5 Å². The molecule has 0 saturated carbocycles. The van der Waals surface area contributed by atoms with Crippen LogP contribution < -0.4 is 0 Å². The van der Waals surface area contributed by atoms with Gasteiger partial charge in [0.25, 0.3) is 0 Å². The molecule has 0 amide bonds. The van der Waals surface area contributed by atoms with Crippen LogP contribution in [0.1, 0.15) is 5.56 Å². The van der Waals surface area contributed by atoms with Crippen molar-refractivity contribution in [3.8, 4) is 34.0 Å². The number of aromatic nitrogens is 1. The second kappa shape index (κ2) is 6.17. The van der Waals surface area contributed by atoms with Crippen molar-refractivity contribution in [2.24, 2.45) is 0 Å². The third-order valence-corrected chi connectivity index (χ3v) is 4.09. The van der Waals surface area contributed by atoms with E-state index in [2.05, 4.69) is 37.3 Å². The molecule has 0 N–H and O–H groups in total. The summed E-state index contributed by atoms with van der Waals surface area (Å²) in [6.07, 6.45) is 0. The van der Waals surface area contributed by atoms with E-state index in [4.69, 9.17) is 9.40 Å². The highest BCUT2D eigenvalue weighted by atomic mass is 16.4. The van der Waals surface area contributed by atoms with Gasteiger partial charge in [0.1, 0.15) is 5.69 Å². The van der Waals surface area contributed by atoms with Gasteiger partial charge in [-0.3, -0.25) is 0 Å². The highest BCUT2D eigenvalue weighted by molar-refractivity contribution is 5.79. The maximum Gasteiger partial charge on any atom is 0.227 e. The van der Waals surface area contributed by atoms with Gasteiger partial charge in [-0.15, -0.1) is 0 Å². The number of oxazole rings is 1. The molecular weight excluding hydrogens is 294 g/mol. The molecule has 1 heterocycles. The van der Waals surface area contributed by atoms with Crippen LogP contribution in [0.3, 0.4) is 0 Å². The van der Waals surface area contributed by atoms with E-state index in [1.165, 1.54) is 0 Å². The first-order valence-corrected chi connectivity index (χ1v) is 8.00. The van der Waals surface area contributed by atoms with Crippen LogP contribution in [0, 0.1) is 6.92 Å². The van der Waals surface area contributed by atoms with Gasteiger partial charge in [0.2, 0.25) is 5.89 Å². The lowest BCUT2D eigenvalue weighted by Gasteiger charge is -2.01. The van der Waals surface area contributed by atoms with Crippen LogP contribution in [0.4, 0.5) is 0 Å². The average molecular weight is 311 g/mol. The summed E-state index contributed by atoms with van der Waals surface area (Å²) in [5.41, 5.74) is 5.14. The van der Waals surface area contributed by atoms with Crippen LogP contribution >= 0.6 is 0 Å². The molecule has 3 aromatic carbocycles. The van der Waals surface area contributed by atoms with Crippen LogP contribution in [0.25, 0.3) is 34.0 Å². The largest absolute Gasteiger partial charge is 0.435 e. The fourth-order valence-corrected chi connectivity index (χ4v) is 2.83. The Hall–Kier alpha value is -3.13. The molecule has 0 fully saturated rings. The van der Waals surface area contributed by atoms with Gasteiger partial charge >= 0.3 is 0 Å². The lowest BCUT2D eigenvalue weighted by Crippen LogP contribution is -1.83. The Morgan fingerprint density at radius 2 is 1.25 bits per heavy atom. The molecule has 2 nitrogen and oxygen atoms in total. The maximum atomic E-state index is 6.21. The van der Waals surface area contributed by atoms with E-state index in [0.29, 0.717) is 5.89 Å². The number of hydrogen-bond donors (Lipinski definition) is 0. The van der Waals surface area contributed by atoms with Gasteiger partial charge < -0.3 is 4.42 Å². The lowest BCUT2D eigenvalue weighted by molar-refractivity contribution is 0.588. The summed E-state index contributed by atoms with van der Waals surface area (Å²) in [5, 5.41) is 0. The summed E-state index contributed by atoms with van der Waals surface area (Å²) in [6.45, 7) is 2.07. The predicted molar refractivity (Wildman–Crippen MR) is 97.5 cm³/mol. The van der Waals surface area contributed by atoms with E-state index < -0.39 is 0 Å². The van der Waals surface area contributed by atoms with Gasteiger partial charge in [0.05, 0.1) is 0 Å². The van der Waals surface area contributed by atoms with E-state index >= 15 is 0 Å². The highest BCUT2D eigenvalue weighted by Crippen LogP contribution is 2.36. The molecule has 0 atom stereocenters. The molecule has 0 bridgehead atoms. The van der Waals surface area contributed by atoms with Gasteiger partial charge in [-0.05, 0) is 18.6 Å². The number of nitrogens with zero attached hydrogens (tertiary/aromatic N) is 1. The molecule has 0 saturated heterocycles. The number of aryl methyl sites for hydroxylation is 1. The Morgan fingerprint density at radius 1 is 0.667 bits per heavy atom. The Labute approximate surface area is 141 Å². The average Bonchev–Trinajstić information content (AvgIpc) is 3.09. The molecule has 0 radical (unpaired) electrons. The van der Waals surface area contributed by atoms with Gasteiger partial charge in [-0.25, -0.2) is 4.98 Å². The predicted octanol–water partition coefficient (Wildman–Crippen LogP) is 5.98. The fraction of sp³-hybridized carbons (Fsp3) is 0.0455. The van der Waals surface area contributed by atoms with Crippen LogP contribution in [-0.2, 0) is 0 Å². The first-order chi connectivity index (χ1) is 11.8. The minimum absolute atomic E-state index is 0.658. The van der Waals surface area contributed by atoms with E-state index in [0.717, 1.165) is 33.7 Å². The van der Waals surface area contributed by atoms with E-state index in [-0.39, 0.29) is 0 Å². The van der Waals surface area contributed by atoms with Gasteiger partial charge in [-0.1, -0.05) is 78.9 Å². The monoisotopic (exact) mass is 311 g/mol. The number of hydrogen-bond acceptors (Lipinski definition) is 2. The van der Waals surface area contributed by atoms with E-state index in [1.807, 2.05) is 54.6 Å². The van der Waals surface area contributed by atoms with Gasteiger partial charge in [0, 0.05) is 16.7 Å². The normalized spacial score (nSPS) is 10.7. The molecular formula is C22H17NO. The second-order valence-corrected chi connectivity index (χ2v) is 5.74. The quantitative estimate of drug-likeness (QED) is 0.465. The van der Waals surface area contributed by atoms with Crippen LogP contribution in [-0.4, -0.2) is 4.98 Å². The molecule has 0 spiro atoms. The molecule has 0 aliphatic rings. The minimum atomic E-state index is 0.658. The Morgan fingerprint density at radius 3 is 1.92 bits per heavy atom. The summed E-state index contributed by atoms with van der Waals surface area (Å²) in [6, 6.07) is 28.5. The Bertz CT molecular complexity index is 899. The van der Waals surface area contributed by atoms with Crippen molar-refractivity contribution in [1.29, 1.82) is 0 Å². The molecule has 2 heteroatoms. The van der Waals surface area contributed by atoms with Crippen molar-refractivity contribution in [1.82, 2.24) is 4.98 Å². The summed E-state index contributed by atoms with van der Waals surface area (Å²) in [5.74, 6) is 1.46. The van der Waals surface area contributed by atoms with Crippen molar-refractivity contribution in [3.63, 3.8) is 0 Å². The van der Waals surface area contributed by atoms with Crippen molar-refractivity contribution < 1.29 is 4.42 Å². The Kier molecular flexibility index (Phi) is 3.72. The summed E-state index contributed by atoms with van der Waals surface area (Å²) >= 11 is 0. The maximum absolute atomic E-state index is 6.21. The van der Waals surface area contributed by atoms with Gasteiger partial charge in [0.15, 0.2) is 5.76 Å². The van der Waals surface area contributed by atoms with Crippen LogP contribution in [0.15, 0.2) is 89.3 Å². The summed E-state index contributed by atoms with van der Waals surface area (Å²) in [4.78, 5) is 4.82. The smallest absolute Gasteiger partial charge is 0.227 e. The summed E-state index contributed by atoms with van der Waals surface area (Å²) in [7, 11) is 0. The molecule has 1 aromatic heterocycles. The van der Waals surface area contributed by atoms with Crippen molar-refractivity contribution in [2.45, 2.75) is 6.92 Å². The van der Waals surface area contributed by atoms with Crippen LogP contribution in [0.2, 0.25) is 0 Å². The molecule has 4 aromatic rings. The van der Waals surface area contributed by atoms with E-state index in [1.54, 1.807) is 0 Å². The number of rotatable bonds is 3. The first kappa shape index (κ1) is 14.5. The topological polar surface area (TPSA) is 26.0 Å². The molecule has 0 aliphatic carbocycles. The summed E-state index contributed by atoms with van der Waals surface area (Å²) < 4.78 is 6.21. The SMILES string of the molecule is Cc1ccccc1-c1nc(-c2ccccc2)c(-c2ccccc2)o1. The van der Waals surface area contributed by atoms with Gasteiger partial charge in [-0.2, -0.15) is 0 Å². The zero-order valence-corrected chi connectivity index (χ0v) is 13.4. The molecule has 0 aliphatic heterocycles. The lowest BCUT2D eigenvalue weighted by atomic mass is 10.1. The fourth-order valence-electron chi connectivity index (χ4n) is 2.83. The van der Waals surface area contributed by atoms with Crippen molar-refractivity contribution in [2.75, 3.05) is 0 Å². The molecule has 0 unspecified atom stereocenters. The second-order valence-electron chi connectivity index (χ2n) is 5.74. The zero-order chi connectivity index (χ0) is 16.4. The minimum Gasteiger partial charge on any atom is -0.435 e. The standard InChI is InChI=1S/C22H17NO/c1-16-10-8-9-15-19(16)22-23-20(17-11-4-2-5-12-17)21(24-22)18-13-6-3-7-14-18/h2-15H,1H3. The van der Waals surface area contributed by atoms with E-state index in [9.17, 15) is 0 Å².